The van der Waals surface area contributed by atoms with E-state index in [1.807, 2.05) is 32.0 Å². The number of amides is 1. The molecule has 0 aliphatic carbocycles. The summed E-state index contributed by atoms with van der Waals surface area (Å²) in [7, 11) is 0. The van der Waals surface area contributed by atoms with E-state index >= 15 is 0 Å². The number of nitrogens with one attached hydrogen (secondary N) is 1. The highest BCUT2D eigenvalue weighted by Gasteiger charge is 2.13. The summed E-state index contributed by atoms with van der Waals surface area (Å²) < 4.78 is 5.49. The number of aliphatic hydroxyl groups excluding tert-OH is 1. The maximum Gasteiger partial charge on any atom is 0.224 e. The normalized spacial score (nSPS) is 12.6. The molecule has 0 aliphatic rings. The van der Waals surface area contributed by atoms with E-state index in [9.17, 15) is 4.79 Å². The molecule has 1 aromatic heterocycles. The monoisotopic (exact) mass is 275 g/mol. The molecule has 0 spiro atoms. The van der Waals surface area contributed by atoms with Crippen LogP contribution in [0.15, 0.2) is 28.9 Å². The molecule has 4 heteroatoms. The van der Waals surface area contributed by atoms with Crippen LogP contribution in [0.4, 0.5) is 0 Å². The van der Waals surface area contributed by atoms with E-state index in [0.29, 0.717) is 12.8 Å². The lowest BCUT2D eigenvalue weighted by molar-refractivity contribution is -0.121. The minimum Gasteiger partial charge on any atom is -0.464 e. The van der Waals surface area contributed by atoms with E-state index in [2.05, 4.69) is 5.32 Å². The van der Waals surface area contributed by atoms with Crippen molar-refractivity contribution >= 4 is 16.9 Å². The largest absolute Gasteiger partial charge is 0.464 e. The zero-order valence-corrected chi connectivity index (χ0v) is 12.0. The van der Waals surface area contributed by atoms with Gasteiger partial charge in [-0.05, 0) is 31.4 Å². The Hall–Kier alpha value is -1.81. The molecule has 108 valence electrons. The molecule has 1 atom stereocenters. The lowest BCUT2D eigenvalue weighted by Gasteiger charge is -2.15. The molecule has 0 saturated carbocycles. The van der Waals surface area contributed by atoms with Crippen molar-refractivity contribution in [2.45, 2.75) is 39.2 Å². The van der Waals surface area contributed by atoms with Gasteiger partial charge in [-0.15, -0.1) is 0 Å². The van der Waals surface area contributed by atoms with Crippen molar-refractivity contribution in [3.8, 4) is 0 Å². The molecular formula is C16H21NO3. The predicted octanol–water partition coefficient (Wildman–Crippen LogP) is 2.56. The van der Waals surface area contributed by atoms with Gasteiger partial charge in [0.1, 0.15) is 5.58 Å². The molecular weight excluding hydrogens is 254 g/mol. The molecule has 0 saturated heterocycles. The minimum absolute atomic E-state index is 0.0337. The second kappa shape index (κ2) is 6.57. The topological polar surface area (TPSA) is 62.5 Å². The Bertz CT molecular complexity index is 588. The minimum atomic E-state index is -0.0337. The zero-order chi connectivity index (χ0) is 14.5. The van der Waals surface area contributed by atoms with Crippen LogP contribution in [0.1, 0.15) is 30.9 Å². The van der Waals surface area contributed by atoms with Crippen molar-refractivity contribution in [3.05, 3.63) is 35.6 Å². The van der Waals surface area contributed by atoms with Gasteiger partial charge in [-0.1, -0.05) is 19.1 Å². The number of rotatable bonds is 6. The van der Waals surface area contributed by atoms with Crippen LogP contribution in [0.3, 0.4) is 0 Å². The molecule has 20 heavy (non-hydrogen) atoms. The molecule has 2 rings (SSSR count). The number of fused-ring (bicyclic) bond motifs is 1. The van der Waals surface area contributed by atoms with E-state index in [1.54, 1.807) is 6.26 Å². The van der Waals surface area contributed by atoms with Crippen molar-refractivity contribution in [3.63, 3.8) is 0 Å². The van der Waals surface area contributed by atoms with Crippen LogP contribution in [-0.2, 0) is 11.2 Å². The van der Waals surface area contributed by atoms with Crippen molar-refractivity contribution < 1.29 is 14.3 Å². The van der Waals surface area contributed by atoms with Gasteiger partial charge in [-0.2, -0.15) is 0 Å². The summed E-state index contributed by atoms with van der Waals surface area (Å²) in [5.74, 6) is -0.0337. The molecule has 2 N–H and O–H groups in total. The molecule has 4 nitrogen and oxygen atoms in total. The maximum absolute atomic E-state index is 12.0. The Morgan fingerprint density at radius 3 is 2.95 bits per heavy atom. The van der Waals surface area contributed by atoms with Gasteiger partial charge in [0.05, 0.1) is 12.7 Å². The standard InChI is InChI=1S/C16H21NO3/c1-3-13(6-7-18)17-16(19)9-12-10-20-15-8-11(2)4-5-14(12)15/h4-5,8,10,13,18H,3,6-7,9H2,1-2H3,(H,17,19). The molecule has 0 bridgehead atoms. The van der Waals surface area contributed by atoms with Crippen molar-refractivity contribution in [2.75, 3.05) is 6.61 Å². The summed E-state index contributed by atoms with van der Waals surface area (Å²) in [6, 6.07) is 6.01. The van der Waals surface area contributed by atoms with E-state index in [4.69, 9.17) is 9.52 Å². The number of aryl methyl sites for hydroxylation is 1. The van der Waals surface area contributed by atoms with Crippen LogP contribution in [0.5, 0.6) is 0 Å². The molecule has 1 amide bonds. The van der Waals surface area contributed by atoms with Crippen LogP contribution in [0.25, 0.3) is 11.0 Å². The Balaban J connectivity index is 2.06. The van der Waals surface area contributed by atoms with E-state index in [-0.39, 0.29) is 18.6 Å². The van der Waals surface area contributed by atoms with Crippen LogP contribution in [-0.4, -0.2) is 23.7 Å². The fourth-order valence-corrected chi connectivity index (χ4v) is 2.31. The summed E-state index contributed by atoms with van der Waals surface area (Å²) in [5, 5.41) is 12.9. The fraction of sp³-hybridized carbons (Fsp3) is 0.438. The first-order valence-corrected chi connectivity index (χ1v) is 7.01. The summed E-state index contributed by atoms with van der Waals surface area (Å²) >= 11 is 0. The summed E-state index contributed by atoms with van der Waals surface area (Å²) in [6.45, 7) is 4.10. The number of aliphatic hydroxyl groups is 1. The SMILES string of the molecule is CCC(CCO)NC(=O)Cc1coc2cc(C)ccc12. The molecule has 1 unspecified atom stereocenters. The summed E-state index contributed by atoms with van der Waals surface area (Å²) in [5.41, 5.74) is 2.85. The Kier molecular flexibility index (Phi) is 4.79. The summed E-state index contributed by atoms with van der Waals surface area (Å²) in [4.78, 5) is 12.0. The lowest BCUT2D eigenvalue weighted by Crippen LogP contribution is -2.36. The fourth-order valence-electron chi connectivity index (χ4n) is 2.31. The second-order valence-electron chi connectivity index (χ2n) is 5.12. The van der Waals surface area contributed by atoms with Crippen molar-refractivity contribution in [1.29, 1.82) is 0 Å². The van der Waals surface area contributed by atoms with E-state index in [1.165, 1.54) is 0 Å². The van der Waals surface area contributed by atoms with Gasteiger partial charge in [0.25, 0.3) is 0 Å². The Morgan fingerprint density at radius 2 is 2.25 bits per heavy atom. The van der Waals surface area contributed by atoms with Gasteiger partial charge in [-0.3, -0.25) is 4.79 Å². The molecule has 2 aromatic rings. The quantitative estimate of drug-likeness (QED) is 0.851. The highest BCUT2D eigenvalue weighted by atomic mass is 16.3. The van der Waals surface area contributed by atoms with Gasteiger partial charge in [-0.25, -0.2) is 0 Å². The maximum atomic E-state index is 12.0. The third-order valence-corrected chi connectivity index (χ3v) is 3.50. The zero-order valence-electron chi connectivity index (χ0n) is 12.0. The average molecular weight is 275 g/mol. The van der Waals surface area contributed by atoms with Gasteiger partial charge < -0.3 is 14.8 Å². The van der Waals surface area contributed by atoms with Crippen LogP contribution in [0, 0.1) is 6.92 Å². The number of carbonyl (C=O) groups excluding carboxylic acids is 1. The molecule has 1 heterocycles. The second-order valence-corrected chi connectivity index (χ2v) is 5.12. The first-order valence-electron chi connectivity index (χ1n) is 7.01. The first-order chi connectivity index (χ1) is 9.63. The molecule has 0 fully saturated rings. The Labute approximate surface area is 118 Å². The average Bonchev–Trinajstić information content (AvgIpc) is 2.80. The van der Waals surface area contributed by atoms with Gasteiger partial charge >= 0.3 is 0 Å². The smallest absolute Gasteiger partial charge is 0.224 e. The van der Waals surface area contributed by atoms with Crippen LogP contribution >= 0.6 is 0 Å². The molecule has 0 radical (unpaired) electrons. The van der Waals surface area contributed by atoms with E-state index < -0.39 is 0 Å². The third-order valence-electron chi connectivity index (χ3n) is 3.50. The van der Waals surface area contributed by atoms with Gasteiger partial charge in [0.2, 0.25) is 5.91 Å². The lowest BCUT2D eigenvalue weighted by atomic mass is 10.1. The Morgan fingerprint density at radius 1 is 1.45 bits per heavy atom. The first kappa shape index (κ1) is 14.6. The highest BCUT2D eigenvalue weighted by molar-refractivity contribution is 5.88. The number of carbonyl (C=O) groups is 1. The van der Waals surface area contributed by atoms with Gasteiger partial charge in [0.15, 0.2) is 0 Å². The van der Waals surface area contributed by atoms with Crippen LogP contribution in [0.2, 0.25) is 0 Å². The van der Waals surface area contributed by atoms with Crippen molar-refractivity contribution in [2.24, 2.45) is 0 Å². The molecule has 1 aromatic carbocycles. The number of hydrogen-bond donors (Lipinski definition) is 2. The highest BCUT2D eigenvalue weighted by Crippen LogP contribution is 2.22. The summed E-state index contributed by atoms with van der Waals surface area (Å²) in [6.07, 6.45) is 3.36. The van der Waals surface area contributed by atoms with Crippen LogP contribution < -0.4 is 5.32 Å². The third kappa shape index (κ3) is 3.39. The molecule has 0 aliphatic heterocycles. The van der Waals surface area contributed by atoms with E-state index in [0.717, 1.165) is 28.5 Å². The number of benzene rings is 1. The van der Waals surface area contributed by atoms with Gasteiger partial charge in [0, 0.05) is 23.6 Å². The number of furan rings is 1. The van der Waals surface area contributed by atoms with Crippen molar-refractivity contribution in [1.82, 2.24) is 5.32 Å². The predicted molar refractivity (Wildman–Crippen MR) is 78.6 cm³/mol. The number of hydrogen-bond acceptors (Lipinski definition) is 3.